The molecule has 0 amide bonds. The van der Waals surface area contributed by atoms with Crippen LogP contribution in [-0.2, 0) is 6.54 Å². The number of hydrogen-bond donors (Lipinski definition) is 1. The lowest BCUT2D eigenvalue weighted by molar-refractivity contribution is 0.607. The summed E-state index contributed by atoms with van der Waals surface area (Å²) in [6.45, 7) is 8.78. The predicted molar refractivity (Wildman–Crippen MR) is 82.4 cm³/mol. The fourth-order valence-corrected chi connectivity index (χ4v) is 2.41. The minimum Gasteiger partial charge on any atom is -0.306 e. The molecule has 0 fully saturated rings. The van der Waals surface area contributed by atoms with Crippen LogP contribution in [0.2, 0.25) is 0 Å². The second kappa shape index (κ2) is 5.97. The van der Waals surface area contributed by atoms with Crippen molar-refractivity contribution in [3.05, 3.63) is 47.8 Å². The molecule has 2 rings (SSSR count). The van der Waals surface area contributed by atoms with E-state index in [0.29, 0.717) is 12.1 Å². The Balaban J connectivity index is 2.13. The molecule has 0 bridgehead atoms. The lowest BCUT2D eigenvalue weighted by Crippen LogP contribution is -2.17. The third-order valence-corrected chi connectivity index (χ3v) is 3.58. The van der Waals surface area contributed by atoms with Crippen molar-refractivity contribution in [2.75, 3.05) is 0 Å². The highest BCUT2D eigenvalue weighted by Gasteiger charge is 2.11. The molecule has 0 atom stereocenters. The molecule has 3 nitrogen and oxygen atoms in total. The van der Waals surface area contributed by atoms with Crippen LogP contribution in [0.25, 0.3) is 5.69 Å². The van der Waals surface area contributed by atoms with Crippen molar-refractivity contribution in [1.82, 2.24) is 14.3 Å². The maximum absolute atomic E-state index is 13.8. The summed E-state index contributed by atoms with van der Waals surface area (Å²) in [7, 11) is 0. The molecule has 1 N–H and O–H groups in total. The van der Waals surface area contributed by atoms with Gasteiger partial charge in [0.1, 0.15) is 5.82 Å². The zero-order valence-corrected chi connectivity index (χ0v) is 13.1. The summed E-state index contributed by atoms with van der Waals surface area (Å²) in [6.07, 6.45) is 3.66. The second-order valence-corrected chi connectivity index (χ2v) is 7.45. The number of halogens is 1. The zero-order valence-electron chi connectivity index (χ0n) is 12.3. The summed E-state index contributed by atoms with van der Waals surface area (Å²) in [5, 5.41) is 0. The number of benzene rings is 1. The molecule has 20 heavy (non-hydrogen) atoms. The molecule has 1 aromatic heterocycles. The van der Waals surface area contributed by atoms with Crippen LogP contribution in [0.4, 0.5) is 4.39 Å². The lowest BCUT2D eigenvalue weighted by Gasteiger charge is -2.18. The molecule has 0 saturated heterocycles. The van der Waals surface area contributed by atoms with E-state index < -0.39 is 0 Å². The molecule has 0 radical (unpaired) electrons. The van der Waals surface area contributed by atoms with Gasteiger partial charge < -0.3 is 4.57 Å². The standard InChI is InChI=1S/C15H20FN3S/c1-11-9-19(10-17-11)13-5-6-14(16)12(7-13)8-18-20-15(2,3)4/h5-7,9-10,18H,8H2,1-4H3. The summed E-state index contributed by atoms with van der Waals surface area (Å²) in [6, 6.07) is 5.12. The third-order valence-electron chi connectivity index (χ3n) is 2.68. The maximum Gasteiger partial charge on any atom is 0.127 e. The van der Waals surface area contributed by atoms with Gasteiger partial charge in [0.05, 0.1) is 12.0 Å². The predicted octanol–water partition coefficient (Wildman–Crippen LogP) is 3.86. The number of rotatable bonds is 4. The number of imidazole rings is 1. The average molecular weight is 293 g/mol. The fourth-order valence-electron chi connectivity index (χ4n) is 1.75. The highest BCUT2D eigenvalue weighted by Crippen LogP contribution is 2.21. The zero-order chi connectivity index (χ0) is 14.8. The van der Waals surface area contributed by atoms with Crippen LogP contribution < -0.4 is 4.72 Å². The fraction of sp³-hybridized carbons (Fsp3) is 0.400. The largest absolute Gasteiger partial charge is 0.306 e. The van der Waals surface area contributed by atoms with Gasteiger partial charge >= 0.3 is 0 Å². The molecular formula is C15H20FN3S. The number of hydrogen-bond acceptors (Lipinski definition) is 3. The minimum absolute atomic E-state index is 0.107. The van der Waals surface area contributed by atoms with Crippen molar-refractivity contribution >= 4 is 11.9 Å². The van der Waals surface area contributed by atoms with E-state index >= 15 is 0 Å². The molecule has 1 heterocycles. The second-order valence-electron chi connectivity index (χ2n) is 5.73. The Hall–Kier alpha value is -1.33. The van der Waals surface area contributed by atoms with Gasteiger partial charge in [0.15, 0.2) is 0 Å². The lowest BCUT2D eigenvalue weighted by atomic mass is 10.2. The number of aromatic nitrogens is 2. The SMILES string of the molecule is Cc1cn(-c2ccc(F)c(CNSC(C)(C)C)c2)cn1. The van der Waals surface area contributed by atoms with Crippen LogP contribution in [0.3, 0.4) is 0 Å². The molecule has 0 spiro atoms. The first kappa shape index (κ1) is 15.1. The molecule has 0 aliphatic carbocycles. The van der Waals surface area contributed by atoms with E-state index in [-0.39, 0.29) is 10.6 Å². The average Bonchev–Trinajstić information content (AvgIpc) is 2.77. The quantitative estimate of drug-likeness (QED) is 0.868. The van der Waals surface area contributed by atoms with E-state index in [1.807, 2.05) is 23.8 Å². The Morgan fingerprint density at radius 3 is 2.70 bits per heavy atom. The number of aryl methyl sites for hydroxylation is 1. The van der Waals surface area contributed by atoms with Crippen molar-refractivity contribution in [1.29, 1.82) is 0 Å². The van der Waals surface area contributed by atoms with E-state index in [9.17, 15) is 4.39 Å². The minimum atomic E-state index is -0.187. The van der Waals surface area contributed by atoms with Gasteiger partial charge in [-0.15, -0.1) is 0 Å². The van der Waals surface area contributed by atoms with Gasteiger partial charge in [-0.05, 0) is 45.9 Å². The van der Waals surface area contributed by atoms with Crippen LogP contribution in [-0.4, -0.2) is 14.3 Å². The highest BCUT2D eigenvalue weighted by molar-refractivity contribution is 7.98. The van der Waals surface area contributed by atoms with E-state index in [1.54, 1.807) is 24.3 Å². The van der Waals surface area contributed by atoms with Gasteiger partial charge in [0.2, 0.25) is 0 Å². The van der Waals surface area contributed by atoms with Crippen molar-refractivity contribution in [2.45, 2.75) is 39.0 Å². The molecule has 0 saturated carbocycles. The Kier molecular flexibility index (Phi) is 4.50. The Morgan fingerprint density at radius 1 is 1.35 bits per heavy atom. The van der Waals surface area contributed by atoms with E-state index in [1.165, 1.54) is 6.07 Å². The molecular weight excluding hydrogens is 273 g/mol. The van der Waals surface area contributed by atoms with Gasteiger partial charge in [-0.1, -0.05) is 11.9 Å². The number of nitrogens with zero attached hydrogens (tertiary/aromatic N) is 2. The monoisotopic (exact) mass is 293 g/mol. The van der Waals surface area contributed by atoms with Crippen molar-refractivity contribution < 1.29 is 4.39 Å². The van der Waals surface area contributed by atoms with E-state index in [2.05, 4.69) is 30.5 Å². The van der Waals surface area contributed by atoms with Gasteiger partial charge in [0.25, 0.3) is 0 Å². The summed E-state index contributed by atoms with van der Waals surface area (Å²) < 4.78 is 19.1. The Morgan fingerprint density at radius 2 is 2.10 bits per heavy atom. The molecule has 2 aromatic rings. The first-order valence-corrected chi connectivity index (χ1v) is 7.37. The van der Waals surface area contributed by atoms with Crippen molar-refractivity contribution in [3.8, 4) is 5.69 Å². The molecule has 5 heteroatoms. The van der Waals surface area contributed by atoms with Gasteiger partial charge in [-0.3, -0.25) is 4.72 Å². The Bertz CT molecular complexity index is 587. The normalized spacial score (nSPS) is 11.8. The first-order valence-electron chi connectivity index (χ1n) is 6.55. The van der Waals surface area contributed by atoms with Crippen molar-refractivity contribution in [3.63, 3.8) is 0 Å². The van der Waals surface area contributed by atoms with Crippen LogP contribution >= 0.6 is 11.9 Å². The van der Waals surface area contributed by atoms with Crippen LogP contribution in [0.5, 0.6) is 0 Å². The third kappa shape index (κ3) is 4.08. The molecule has 0 unspecified atom stereocenters. The van der Waals surface area contributed by atoms with E-state index in [4.69, 9.17) is 0 Å². The van der Waals surface area contributed by atoms with Crippen LogP contribution in [0, 0.1) is 12.7 Å². The van der Waals surface area contributed by atoms with Gasteiger partial charge in [-0.25, -0.2) is 9.37 Å². The smallest absolute Gasteiger partial charge is 0.127 e. The molecule has 1 aromatic carbocycles. The van der Waals surface area contributed by atoms with Gasteiger partial charge in [0, 0.05) is 28.7 Å². The summed E-state index contributed by atoms with van der Waals surface area (Å²) in [4.78, 5) is 4.19. The topological polar surface area (TPSA) is 29.9 Å². The summed E-state index contributed by atoms with van der Waals surface area (Å²) >= 11 is 1.61. The number of nitrogens with one attached hydrogen (secondary N) is 1. The van der Waals surface area contributed by atoms with Crippen LogP contribution in [0.1, 0.15) is 32.0 Å². The van der Waals surface area contributed by atoms with E-state index in [0.717, 1.165) is 11.4 Å². The molecule has 0 aliphatic heterocycles. The molecule has 108 valence electrons. The highest BCUT2D eigenvalue weighted by atomic mass is 32.2. The summed E-state index contributed by atoms with van der Waals surface area (Å²) in [5.74, 6) is -0.187. The van der Waals surface area contributed by atoms with Crippen LogP contribution in [0.15, 0.2) is 30.7 Å². The Labute approximate surface area is 123 Å². The summed E-state index contributed by atoms with van der Waals surface area (Å²) in [5.41, 5.74) is 2.52. The van der Waals surface area contributed by atoms with Crippen molar-refractivity contribution in [2.24, 2.45) is 0 Å². The first-order chi connectivity index (χ1) is 9.35. The van der Waals surface area contributed by atoms with Gasteiger partial charge in [-0.2, -0.15) is 0 Å². The maximum atomic E-state index is 13.8. The molecule has 0 aliphatic rings.